The Morgan fingerprint density at radius 2 is 2.00 bits per heavy atom. The summed E-state index contributed by atoms with van der Waals surface area (Å²) in [7, 11) is -1.57. The van der Waals surface area contributed by atoms with Gasteiger partial charge in [-0.1, -0.05) is 11.6 Å². The van der Waals surface area contributed by atoms with Gasteiger partial charge < -0.3 is 14.8 Å². The first kappa shape index (κ1) is 12.8. The predicted octanol–water partition coefficient (Wildman–Crippen LogP) is 0.404. The maximum atomic E-state index is 9.19. The van der Waals surface area contributed by atoms with E-state index >= 15 is 0 Å². The van der Waals surface area contributed by atoms with Crippen LogP contribution < -0.4 is 5.46 Å². The van der Waals surface area contributed by atoms with Gasteiger partial charge in [0.05, 0.1) is 0 Å². The van der Waals surface area contributed by atoms with E-state index in [1.807, 2.05) is 0 Å². The third kappa shape index (κ3) is 2.77. The lowest BCUT2D eigenvalue weighted by molar-refractivity contribution is 0.425. The maximum absolute atomic E-state index is 9.19. The quantitative estimate of drug-likeness (QED) is 0.353. The molecule has 1 saturated carbocycles. The van der Waals surface area contributed by atoms with Crippen molar-refractivity contribution in [1.82, 2.24) is 0 Å². The van der Waals surface area contributed by atoms with Crippen molar-refractivity contribution in [3.63, 3.8) is 0 Å². The second-order valence-electron chi connectivity index (χ2n) is 4.51. The molecule has 0 saturated heterocycles. The van der Waals surface area contributed by atoms with E-state index in [0.717, 1.165) is 18.4 Å². The van der Waals surface area contributed by atoms with Crippen LogP contribution in [-0.4, -0.2) is 29.0 Å². The number of nitrogens with one attached hydrogen (secondary N) is 2. The molecule has 5 nitrogen and oxygen atoms in total. The first-order valence-electron chi connectivity index (χ1n) is 5.81. The molecule has 0 atom stereocenters. The zero-order chi connectivity index (χ0) is 13.3. The highest BCUT2D eigenvalue weighted by molar-refractivity contribution is 6.59. The van der Waals surface area contributed by atoms with E-state index in [4.69, 9.17) is 15.6 Å². The minimum atomic E-state index is -1.57. The Balaban J connectivity index is 2.14. The molecule has 1 aromatic rings. The standard InChI is InChI=1S/C12H15BN2O3/c1-7-2-3-9(6-10(7)13(16)17)12(15)18-11(14)8-4-5-8/h2-3,6,8,14-17H,4-5H2,1H3. The molecule has 1 aliphatic rings. The SMILES string of the molecule is Cc1ccc(C(=N)OC(=N)C2CC2)cc1B(O)O. The van der Waals surface area contributed by atoms with Gasteiger partial charge in [-0.05, 0) is 37.4 Å². The Kier molecular flexibility index (Phi) is 3.49. The molecule has 1 aromatic carbocycles. The Labute approximate surface area is 106 Å². The van der Waals surface area contributed by atoms with Crippen LogP contribution in [0.5, 0.6) is 0 Å². The van der Waals surface area contributed by atoms with Crippen molar-refractivity contribution in [2.24, 2.45) is 5.92 Å². The highest BCUT2D eigenvalue weighted by Gasteiger charge is 2.29. The molecular formula is C12H15BN2O3. The molecule has 0 spiro atoms. The van der Waals surface area contributed by atoms with Crippen LogP contribution in [0.15, 0.2) is 18.2 Å². The highest BCUT2D eigenvalue weighted by Crippen LogP contribution is 2.30. The van der Waals surface area contributed by atoms with Crippen LogP contribution in [0.1, 0.15) is 24.0 Å². The van der Waals surface area contributed by atoms with Crippen LogP contribution in [0.2, 0.25) is 0 Å². The van der Waals surface area contributed by atoms with E-state index in [0.29, 0.717) is 11.0 Å². The summed E-state index contributed by atoms with van der Waals surface area (Å²) in [4.78, 5) is 0. The summed E-state index contributed by atoms with van der Waals surface area (Å²) in [6, 6.07) is 4.87. The monoisotopic (exact) mass is 246 g/mol. The fraction of sp³-hybridized carbons (Fsp3) is 0.333. The molecule has 0 heterocycles. The van der Waals surface area contributed by atoms with Crippen LogP contribution in [0, 0.1) is 23.7 Å². The van der Waals surface area contributed by atoms with Crippen LogP contribution in [0.25, 0.3) is 0 Å². The van der Waals surface area contributed by atoms with Gasteiger partial charge in [0.25, 0.3) is 0 Å². The highest BCUT2D eigenvalue weighted by atomic mass is 16.5. The number of hydrogen-bond donors (Lipinski definition) is 4. The molecule has 0 aromatic heterocycles. The second-order valence-corrected chi connectivity index (χ2v) is 4.51. The predicted molar refractivity (Wildman–Crippen MR) is 69.4 cm³/mol. The van der Waals surface area contributed by atoms with Crippen molar-refractivity contribution in [1.29, 1.82) is 10.8 Å². The first-order valence-corrected chi connectivity index (χ1v) is 5.81. The third-order valence-electron chi connectivity index (χ3n) is 2.98. The van der Waals surface area contributed by atoms with E-state index in [9.17, 15) is 10.0 Å². The Bertz CT molecular complexity index is 498. The fourth-order valence-corrected chi connectivity index (χ4v) is 1.66. The van der Waals surface area contributed by atoms with Crippen molar-refractivity contribution in [3.05, 3.63) is 29.3 Å². The molecule has 1 fully saturated rings. The zero-order valence-electron chi connectivity index (χ0n) is 10.1. The summed E-state index contributed by atoms with van der Waals surface area (Å²) < 4.78 is 5.14. The Morgan fingerprint density at radius 1 is 1.33 bits per heavy atom. The van der Waals surface area contributed by atoms with Gasteiger partial charge in [0.2, 0.25) is 5.90 Å². The summed E-state index contributed by atoms with van der Waals surface area (Å²) in [5.41, 5.74) is 1.52. The molecule has 1 aliphatic carbocycles. The van der Waals surface area contributed by atoms with Crippen molar-refractivity contribution >= 4 is 24.4 Å². The molecule has 4 N–H and O–H groups in total. The molecule has 0 radical (unpaired) electrons. The number of ether oxygens (including phenoxy) is 1. The van der Waals surface area contributed by atoms with Gasteiger partial charge in [0.1, 0.15) is 0 Å². The van der Waals surface area contributed by atoms with Crippen LogP contribution >= 0.6 is 0 Å². The molecular weight excluding hydrogens is 231 g/mol. The van der Waals surface area contributed by atoms with Gasteiger partial charge in [0, 0.05) is 11.5 Å². The lowest BCUT2D eigenvalue weighted by Gasteiger charge is -2.10. The molecule has 18 heavy (non-hydrogen) atoms. The van der Waals surface area contributed by atoms with E-state index in [1.165, 1.54) is 6.07 Å². The summed E-state index contributed by atoms with van der Waals surface area (Å²) in [5.74, 6) is 0.138. The molecule has 0 bridgehead atoms. The Hall–Kier alpha value is -1.66. The molecule has 6 heteroatoms. The van der Waals surface area contributed by atoms with E-state index in [1.54, 1.807) is 19.1 Å². The normalized spacial score (nSPS) is 14.2. The van der Waals surface area contributed by atoms with Gasteiger partial charge in [-0.25, -0.2) is 0 Å². The number of rotatable bonds is 3. The van der Waals surface area contributed by atoms with Gasteiger partial charge in [-0.15, -0.1) is 0 Å². The largest absolute Gasteiger partial charge is 0.488 e. The van der Waals surface area contributed by atoms with Crippen molar-refractivity contribution < 1.29 is 14.8 Å². The Morgan fingerprint density at radius 3 is 2.56 bits per heavy atom. The van der Waals surface area contributed by atoms with Gasteiger partial charge in [-0.2, -0.15) is 0 Å². The van der Waals surface area contributed by atoms with Crippen LogP contribution in [-0.2, 0) is 4.74 Å². The second kappa shape index (κ2) is 4.92. The summed E-state index contributed by atoms with van der Waals surface area (Å²) in [5, 5.41) is 33.8. The summed E-state index contributed by atoms with van der Waals surface area (Å²) in [6.45, 7) is 1.76. The number of benzene rings is 1. The van der Waals surface area contributed by atoms with Crippen molar-refractivity contribution in [2.75, 3.05) is 0 Å². The molecule has 0 amide bonds. The van der Waals surface area contributed by atoms with Gasteiger partial charge in [-0.3, -0.25) is 10.8 Å². The summed E-state index contributed by atoms with van der Waals surface area (Å²) >= 11 is 0. The van der Waals surface area contributed by atoms with Crippen molar-refractivity contribution in [3.8, 4) is 0 Å². The minimum absolute atomic E-state index is 0.117. The average Bonchev–Trinajstić information content (AvgIpc) is 3.12. The van der Waals surface area contributed by atoms with E-state index < -0.39 is 7.12 Å². The average molecular weight is 246 g/mol. The van der Waals surface area contributed by atoms with E-state index in [-0.39, 0.29) is 17.7 Å². The molecule has 2 rings (SSSR count). The molecule has 0 aliphatic heterocycles. The minimum Gasteiger partial charge on any atom is -0.425 e. The van der Waals surface area contributed by atoms with Crippen LogP contribution in [0.3, 0.4) is 0 Å². The maximum Gasteiger partial charge on any atom is 0.488 e. The molecule has 94 valence electrons. The van der Waals surface area contributed by atoms with Gasteiger partial charge in [0.15, 0.2) is 5.90 Å². The number of aryl methyl sites for hydroxylation is 1. The smallest absolute Gasteiger partial charge is 0.425 e. The fourth-order valence-electron chi connectivity index (χ4n) is 1.66. The molecule has 0 unspecified atom stereocenters. The zero-order valence-corrected chi connectivity index (χ0v) is 10.1. The summed E-state index contributed by atoms with van der Waals surface area (Å²) in [6.07, 6.45) is 1.89. The topological polar surface area (TPSA) is 97.4 Å². The lowest BCUT2D eigenvalue weighted by atomic mass is 9.76. The third-order valence-corrected chi connectivity index (χ3v) is 2.98. The van der Waals surface area contributed by atoms with Crippen LogP contribution in [0.4, 0.5) is 0 Å². The van der Waals surface area contributed by atoms with E-state index in [2.05, 4.69) is 0 Å². The first-order chi connectivity index (χ1) is 8.49. The van der Waals surface area contributed by atoms with Crippen molar-refractivity contribution in [2.45, 2.75) is 19.8 Å². The number of hydrogen-bond acceptors (Lipinski definition) is 5. The lowest BCUT2D eigenvalue weighted by Crippen LogP contribution is -2.33. The van der Waals surface area contributed by atoms with Gasteiger partial charge >= 0.3 is 7.12 Å².